The lowest BCUT2D eigenvalue weighted by Gasteiger charge is -2.16. The molecule has 0 amide bonds. The first-order valence-electron chi connectivity index (χ1n) is 5.81. The van der Waals surface area contributed by atoms with Gasteiger partial charge in [-0.1, -0.05) is 15.9 Å². The SMILES string of the molecule is CNC(Cc1cc(F)cc(Br)c1)c1cncc(F)c1. The van der Waals surface area contributed by atoms with Crippen LogP contribution in [0.5, 0.6) is 0 Å². The number of hydrogen-bond acceptors (Lipinski definition) is 2. The molecule has 0 fully saturated rings. The van der Waals surface area contributed by atoms with Gasteiger partial charge in [-0.2, -0.15) is 0 Å². The Bertz CT molecular complexity index is 555. The summed E-state index contributed by atoms with van der Waals surface area (Å²) < 4.78 is 27.2. The molecule has 0 aliphatic carbocycles. The summed E-state index contributed by atoms with van der Waals surface area (Å²) in [6.45, 7) is 0. The Morgan fingerprint density at radius 1 is 1.16 bits per heavy atom. The van der Waals surface area contributed by atoms with E-state index in [0.717, 1.165) is 17.3 Å². The number of benzene rings is 1. The number of nitrogens with one attached hydrogen (secondary N) is 1. The predicted molar refractivity (Wildman–Crippen MR) is 73.8 cm³/mol. The molecule has 0 aliphatic heterocycles. The molecular weight excluding hydrogens is 314 g/mol. The highest BCUT2D eigenvalue weighted by molar-refractivity contribution is 9.10. The summed E-state index contributed by atoms with van der Waals surface area (Å²) in [5.74, 6) is -0.672. The smallest absolute Gasteiger partial charge is 0.141 e. The second-order valence-electron chi connectivity index (χ2n) is 4.26. The maximum atomic E-state index is 13.3. The number of aromatic nitrogens is 1. The van der Waals surface area contributed by atoms with Gasteiger partial charge in [0.05, 0.1) is 6.20 Å². The van der Waals surface area contributed by atoms with Crippen LogP contribution in [0.4, 0.5) is 8.78 Å². The van der Waals surface area contributed by atoms with Crippen LogP contribution in [0.3, 0.4) is 0 Å². The van der Waals surface area contributed by atoms with Gasteiger partial charge in [-0.3, -0.25) is 4.98 Å². The van der Waals surface area contributed by atoms with Gasteiger partial charge in [-0.15, -0.1) is 0 Å². The van der Waals surface area contributed by atoms with Crippen molar-refractivity contribution in [2.45, 2.75) is 12.5 Å². The molecule has 2 rings (SSSR count). The highest BCUT2D eigenvalue weighted by Crippen LogP contribution is 2.21. The molecule has 1 N–H and O–H groups in total. The van der Waals surface area contributed by atoms with Crippen LogP contribution in [0, 0.1) is 11.6 Å². The molecule has 0 aliphatic rings. The first-order valence-corrected chi connectivity index (χ1v) is 6.60. The predicted octanol–water partition coefficient (Wildman–Crippen LogP) is 3.63. The second kappa shape index (κ2) is 6.21. The largest absolute Gasteiger partial charge is 0.313 e. The van der Waals surface area contributed by atoms with E-state index in [2.05, 4.69) is 26.2 Å². The van der Waals surface area contributed by atoms with Gasteiger partial charge in [-0.05, 0) is 48.9 Å². The van der Waals surface area contributed by atoms with Crippen LogP contribution < -0.4 is 5.32 Å². The molecule has 5 heteroatoms. The molecule has 19 heavy (non-hydrogen) atoms. The molecule has 1 aromatic carbocycles. The van der Waals surface area contributed by atoms with Gasteiger partial charge in [0.25, 0.3) is 0 Å². The minimum absolute atomic E-state index is 0.114. The van der Waals surface area contributed by atoms with E-state index < -0.39 is 0 Å². The van der Waals surface area contributed by atoms with E-state index in [1.807, 2.05) is 6.07 Å². The quantitative estimate of drug-likeness (QED) is 0.928. The number of halogens is 3. The summed E-state index contributed by atoms with van der Waals surface area (Å²) in [6, 6.07) is 6.04. The molecule has 1 aromatic heterocycles. The standard InChI is InChI=1S/C14H13BrF2N2/c1-18-14(10-5-13(17)8-19-7-10)4-9-2-11(15)6-12(16)3-9/h2-3,5-8,14,18H,4H2,1H3. The van der Waals surface area contributed by atoms with Crippen molar-refractivity contribution in [3.63, 3.8) is 0 Å². The number of pyridine rings is 1. The van der Waals surface area contributed by atoms with E-state index in [-0.39, 0.29) is 17.7 Å². The zero-order chi connectivity index (χ0) is 13.8. The van der Waals surface area contributed by atoms with Crippen LogP contribution >= 0.6 is 15.9 Å². The third kappa shape index (κ3) is 3.81. The topological polar surface area (TPSA) is 24.9 Å². The Morgan fingerprint density at radius 3 is 2.58 bits per heavy atom. The minimum Gasteiger partial charge on any atom is -0.313 e. The van der Waals surface area contributed by atoms with Crippen LogP contribution in [0.25, 0.3) is 0 Å². The maximum absolute atomic E-state index is 13.3. The molecule has 0 spiro atoms. The lowest BCUT2D eigenvalue weighted by molar-refractivity contribution is 0.567. The Morgan fingerprint density at radius 2 is 1.95 bits per heavy atom. The van der Waals surface area contributed by atoms with Gasteiger partial charge in [0.2, 0.25) is 0 Å². The normalized spacial score (nSPS) is 12.4. The summed E-state index contributed by atoms with van der Waals surface area (Å²) in [5.41, 5.74) is 1.57. The van der Waals surface area contributed by atoms with E-state index in [1.165, 1.54) is 18.2 Å². The molecule has 0 bridgehead atoms. The van der Waals surface area contributed by atoms with Crippen molar-refractivity contribution < 1.29 is 8.78 Å². The van der Waals surface area contributed by atoms with Crippen molar-refractivity contribution in [1.29, 1.82) is 0 Å². The first-order chi connectivity index (χ1) is 9.08. The molecule has 1 heterocycles. The van der Waals surface area contributed by atoms with Crippen LogP contribution in [-0.2, 0) is 6.42 Å². The molecule has 0 saturated carbocycles. The van der Waals surface area contributed by atoms with E-state index in [0.29, 0.717) is 10.9 Å². The third-order valence-electron chi connectivity index (χ3n) is 2.84. The first kappa shape index (κ1) is 14.1. The highest BCUT2D eigenvalue weighted by atomic mass is 79.9. The van der Waals surface area contributed by atoms with E-state index in [4.69, 9.17) is 0 Å². The van der Waals surface area contributed by atoms with E-state index in [9.17, 15) is 8.78 Å². The summed E-state index contributed by atoms with van der Waals surface area (Å²) in [7, 11) is 1.78. The molecule has 1 unspecified atom stereocenters. The van der Waals surface area contributed by atoms with Crippen LogP contribution in [0.15, 0.2) is 41.1 Å². The van der Waals surface area contributed by atoms with Gasteiger partial charge in [-0.25, -0.2) is 8.78 Å². The minimum atomic E-state index is -0.377. The zero-order valence-corrected chi connectivity index (χ0v) is 11.9. The Labute approximate surface area is 119 Å². The fraction of sp³-hybridized carbons (Fsp3) is 0.214. The van der Waals surface area contributed by atoms with Gasteiger partial charge in [0.1, 0.15) is 11.6 Å². The van der Waals surface area contributed by atoms with Crippen molar-refractivity contribution in [3.05, 3.63) is 63.9 Å². The molecule has 0 radical (unpaired) electrons. The van der Waals surface area contributed by atoms with Crippen molar-refractivity contribution >= 4 is 15.9 Å². The molecule has 1 atom stereocenters. The second-order valence-corrected chi connectivity index (χ2v) is 5.18. The van der Waals surface area contributed by atoms with Gasteiger partial charge < -0.3 is 5.32 Å². The van der Waals surface area contributed by atoms with Crippen molar-refractivity contribution in [1.82, 2.24) is 10.3 Å². The average molecular weight is 327 g/mol. The molecule has 100 valence electrons. The Hall–Kier alpha value is -1.33. The van der Waals surface area contributed by atoms with Crippen LogP contribution in [0.2, 0.25) is 0 Å². The lowest BCUT2D eigenvalue weighted by Crippen LogP contribution is -2.19. The fourth-order valence-electron chi connectivity index (χ4n) is 1.97. The monoisotopic (exact) mass is 326 g/mol. The number of rotatable bonds is 4. The van der Waals surface area contributed by atoms with Crippen molar-refractivity contribution in [2.24, 2.45) is 0 Å². The lowest BCUT2D eigenvalue weighted by atomic mass is 10.0. The number of nitrogens with zero attached hydrogens (tertiary/aromatic N) is 1. The number of hydrogen-bond donors (Lipinski definition) is 1. The highest BCUT2D eigenvalue weighted by Gasteiger charge is 2.12. The molecule has 2 aromatic rings. The third-order valence-corrected chi connectivity index (χ3v) is 3.30. The number of likely N-dealkylation sites (N-methyl/N-ethyl adjacent to an activating group) is 1. The van der Waals surface area contributed by atoms with Gasteiger partial charge in [0, 0.05) is 16.7 Å². The summed E-state index contributed by atoms with van der Waals surface area (Å²) >= 11 is 3.26. The van der Waals surface area contributed by atoms with Crippen LogP contribution in [-0.4, -0.2) is 12.0 Å². The van der Waals surface area contributed by atoms with Gasteiger partial charge >= 0.3 is 0 Å². The summed E-state index contributed by atoms with van der Waals surface area (Å²) in [5, 5.41) is 3.09. The maximum Gasteiger partial charge on any atom is 0.141 e. The fourth-order valence-corrected chi connectivity index (χ4v) is 2.48. The molecule has 2 nitrogen and oxygen atoms in total. The van der Waals surface area contributed by atoms with E-state index in [1.54, 1.807) is 13.2 Å². The van der Waals surface area contributed by atoms with Crippen LogP contribution in [0.1, 0.15) is 17.2 Å². The summed E-state index contributed by atoms with van der Waals surface area (Å²) in [4.78, 5) is 3.83. The molecular formula is C14H13BrF2N2. The van der Waals surface area contributed by atoms with Gasteiger partial charge in [0.15, 0.2) is 0 Å². The molecule has 0 saturated heterocycles. The van der Waals surface area contributed by atoms with Crippen molar-refractivity contribution in [3.8, 4) is 0 Å². The zero-order valence-electron chi connectivity index (χ0n) is 10.3. The average Bonchev–Trinajstić information content (AvgIpc) is 2.34. The Balaban J connectivity index is 2.23. The summed E-state index contributed by atoms with van der Waals surface area (Å²) in [6.07, 6.45) is 3.32. The van der Waals surface area contributed by atoms with Crippen molar-refractivity contribution in [2.75, 3.05) is 7.05 Å². The van der Waals surface area contributed by atoms with E-state index >= 15 is 0 Å². The Kier molecular flexibility index (Phi) is 4.61.